The third-order valence-electron chi connectivity index (χ3n) is 3.55. The van der Waals surface area contributed by atoms with E-state index in [4.69, 9.17) is 0 Å². The third kappa shape index (κ3) is 2.78. The number of nitrogens with one attached hydrogen (secondary N) is 1. The van der Waals surface area contributed by atoms with Crippen molar-refractivity contribution in [1.29, 1.82) is 0 Å². The number of amides is 2. The quantitative estimate of drug-likeness (QED) is 0.835. The summed E-state index contributed by atoms with van der Waals surface area (Å²) in [6, 6.07) is -0.264. The monoisotopic (exact) mass is 342 g/mol. The standard InChI is InChI=1S/C13H19BrN4O2/c1-4-9-13(20)15-11(19)7-17(9)6-10-12(14)8(3)16-18(10)5-2/h9H,4-7H2,1-3H3,(H,15,19,20). The first-order valence-corrected chi connectivity index (χ1v) is 7.56. The van der Waals surface area contributed by atoms with Crippen molar-refractivity contribution < 1.29 is 9.59 Å². The van der Waals surface area contributed by atoms with E-state index in [1.807, 2.05) is 30.4 Å². The molecule has 2 heterocycles. The number of hydrogen-bond acceptors (Lipinski definition) is 4. The van der Waals surface area contributed by atoms with Crippen LogP contribution in [0.1, 0.15) is 31.7 Å². The Morgan fingerprint density at radius 1 is 1.40 bits per heavy atom. The van der Waals surface area contributed by atoms with Gasteiger partial charge in [-0.3, -0.25) is 24.5 Å². The van der Waals surface area contributed by atoms with E-state index in [-0.39, 0.29) is 24.4 Å². The lowest BCUT2D eigenvalue weighted by Gasteiger charge is -2.33. The van der Waals surface area contributed by atoms with Crippen molar-refractivity contribution in [1.82, 2.24) is 20.0 Å². The third-order valence-corrected chi connectivity index (χ3v) is 4.58. The minimum atomic E-state index is -0.264. The summed E-state index contributed by atoms with van der Waals surface area (Å²) in [5.74, 6) is -0.450. The second kappa shape index (κ2) is 6.05. The summed E-state index contributed by atoms with van der Waals surface area (Å²) in [7, 11) is 0. The first-order valence-electron chi connectivity index (χ1n) is 6.77. The molecule has 1 unspecified atom stereocenters. The van der Waals surface area contributed by atoms with Gasteiger partial charge in [0.1, 0.15) is 0 Å². The molecule has 1 N–H and O–H groups in total. The number of carbonyl (C=O) groups excluding carboxylic acids is 2. The highest BCUT2D eigenvalue weighted by Gasteiger charge is 2.33. The number of halogens is 1. The Kier molecular flexibility index (Phi) is 4.59. The van der Waals surface area contributed by atoms with Gasteiger partial charge in [0.2, 0.25) is 11.8 Å². The topological polar surface area (TPSA) is 67.2 Å². The molecular weight excluding hydrogens is 324 g/mol. The van der Waals surface area contributed by atoms with Crippen LogP contribution in [0.15, 0.2) is 4.47 Å². The zero-order chi connectivity index (χ0) is 14.9. The van der Waals surface area contributed by atoms with Crippen molar-refractivity contribution in [2.45, 2.75) is 46.3 Å². The minimum Gasteiger partial charge on any atom is -0.294 e. The Hall–Kier alpha value is -1.21. The van der Waals surface area contributed by atoms with Gasteiger partial charge >= 0.3 is 0 Å². The number of piperazine rings is 1. The summed E-state index contributed by atoms with van der Waals surface area (Å²) in [6.45, 7) is 7.44. The first kappa shape index (κ1) is 15.2. The SMILES string of the molecule is CCC1C(=O)NC(=O)CN1Cc1c(Br)c(C)nn1CC. The van der Waals surface area contributed by atoms with Crippen molar-refractivity contribution in [3.63, 3.8) is 0 Å². The zero-order valence-corrected chi connectivity index (χ0v) is 13.5. The number of imide groups is 1. The fourth-order valence-electron chi connectivity index (χ4n) is 2.54. The van der Waals surface area contributed by atoms with Crippen LogP contribution in [0.25, 0.3) is 0 Å². The van der Waals surface area contributed by atoms with Crippen LogP contribution in [-0.4, -0.2) is 39.1 Å². The molecule has 0 radical (unpaired) electrons. The van der Waals surface area contributed by atoms with E-state index in [1.54, 1.807) is 0 Å². The second-order valence-corrected chi connectivity index (χ2v) is 5.70. The lowest BCUT2D eigenvalue weighted by atomic mass is 10.1. The molecule has 1 aromatic rings. The predicted molar refractivity (Wildman–Crippen MR) is 78.0 cm³/mol. The van der Waals surface area contributed by atoms with Gasteiger partial charge < -0.3 is 0 Å². The van der Waals surface area contributed by atoms with Gasteiger partial charge in [0.05, 0.1) is 28.4 Å². The van der Waals surface area contributed by atoms with E-state index >= 15 is 0 Å². The van der Waals surface area contributed by atoms with Gasteiger partial charge in [0.25, 0.3) is 0 Å². The molecule has 1 saturated heterocycles. The molecule has 1 aliphatic rings. The fourth-order valence-corrected chi connectivity index (χ4v) is 2.95. The number of rotatable bonds is 4. The van der Waals surface area contributed by atoms with Crippen LogP contribution in [-0.2, 0) is 22.7 Å². The zero-order valence-electron chi connectivity index (χ0n) is 11.9. The molecule has 0 spiro atoms. The van der Waals surface area contributed by atoms with Crippen molar-refractivity contribution in [2.75, 3.05) is 6.54 Å². The summed E-state index contributed by atoms with van der Waals surface area (Å²) in [6.07, 6.45) is 0.677. The van der Waals surface area contributed by atoms with Gasteiger partial charge in [-0.05, 0) is 36.2 Å². The van der Waals surface area contributed by atoms with Gasteiger partial charge in [0.15, 0.2) is 0 Å². The van der Waals surface area contributed by atoms with Gasteiger partial charge in [0, 0.05) is 13.1 Å². The predicted octanol–water partition coefficient (Wildman–Crippen LogP) is 1.21. The van der Waals surface area contributed by atoms with E-state index in [9.17, 15) is 9.59 Å². The van der Waals surface area contributed by atoms with Crippen LogP contribution in [0.5, 0.6) is 0 Å². The van der Waals surface area contributed by atoms with Gasteiger partial charge in [-0.15, -0.1) is 0 Å². The van der Waals surface area contributed by atoms with Crippen molar-refractivity contribution in [3.05, 3.63) is 15.9 Å². The Bertz CT molecular complexity index is 541. The van der Waals surface area contributed by atoms with Gasteiger partial charge in [-0.2, -0.15) is 5.10 Å². The largest absolute Gasteiger partial charge is 0.294 e. The number of aryl methyl sites for hydroxylation is 2. The van der Waals surface area contributed by atoms with E-state index in [2.05, 4.69) is 26.3 Å². The van der Waals surface area contributed by atoms with E-state index in [0.717, 1.165) is 22.4 Å². The summed E-state index contributed by atoms with van der Waals surface area (Å²) < 4.78 is 2.86. The molecule has 1 aromatic heterocycles. The Morgan fingerprint density at radius 3 is 2.70 bits per heavy atom. The highest BCUT2D eigenvalue weighted by molar-refractivity contribution is 9.10. The Morgan fingerprint density at radius 2 is 2.10 bits per heavy atom. The molecular formula is C13H19BrN4O2. The molecule has 7 heteroatoms. The Balaban J connectivity index is 2.27. The van der Waals surface area contributed by atoms with E-state index < -0.39 is 0 Å². The molecule has 110 valence electrons. The summed E-state index contributed by atoms with van der Waals surface area (Å²) >= 11 is 3.55. The van der Waals surface area contributed by atoms with Gasteiger partial charge in [-0.25, -0.2) is 0 Å². The maximum atomic E-state index is 11.9. The second-order valence-electron chi connectivity index (χ2n) is 4.90. The molecule has 20 heavy (non-hydrogen) atoms. The smallest absolute Gasteiger partial charge is 0.243 e. The minimum absolute atomic E-state index is 0.209. The molecule has 1 aliphatic heterocycles. The number of carbonyl (C=O) groups is 2. The van der Waals surface area contributed by atoms with Crippen molar-refractivity contribution in [3.8, 4) is 0 Å². The molecule has 0 bridgehead atoms. The molecule has 2 amide bonds. The lowest BCUT2D eigenvalue weighted by Crippen LogP contribution is -2.57. The fraction of sp³-hybridized carbons (Fsp3) is 0.615. The van der Waals surface area contributed by atoms with Crippen LogP contribution in [0.4, 0.5) is 0 Å². The van der Waals surface area contributed by atoms with Crippen LogP contribution >= 0.6 is 15.9 Å². The summed E-state index contributed by atoms with van der Waals surface area (Å²) in [5, 5.41) is 6.83. The molecule has 6 nitrogen and oxygen atoms in total. The van der Waals surface area contributed by atoms with Crippen LogP contribution in [0, 0.1) is 6.92 Å². The van der Waals surface area contributed by atoms with Crippen molar-refractivity contribution >= 4 is 27.7 Å². The molecule has 0 aromatic carbocycles. The molecule has 0 saturated carbocycles. The maximum absolute atomic E-state index is 11.9. The number of hydrogen-bond donors (Lipinski definition) is 1. The first-order chi connectivity index (χ1) is 9.47. The molecule has 2 rings (SSSR count). The van der Waals surface area contributed by atoms with Crippen LogP contribution in [0.2, 0.25) is 0 Å². The van der Waals surface area contributed by atoms with Gasteiger partial charge in [-0.1, -0.05) is 6.92 Å². The van der Waals surface area contributed by atoms with E-state index in [0.29, 0.717) is 13.0 Å². The number of nitrogens with zero attached hydrogens (tertiary/aromatic N) is 3. The average Bonchev–Trinajstić information content (AvgIpc) is 2.66. The lowest BCUT2D eigenvalue weighted by molar-refractivity contribution is -0.140. The highest BCUT2D eigenvalue weighted by Crippen LogP contribution is 2.24. The van der Waals surface area contributed by atoms with Crippen LogP contribution < -0.4 is 5.32 Å². The normalized spacial score (nSPS) is 20.3. The average molecular weight is 343 g/mol. The van der Waals surface area contributed by atoms with Crippen molar-refractivity contribution in [2.24, 2.45) is 0 Å². The summed E-state index contributed by atoms with van der Waals surface area (Å²) in [5.41, 5.74) is 1.92. The van der Waals surface area contributed by atoms with E-state index in [1.165, 1.54) is 0 Å². The van der Waals surface area contributed by atoms with Crippen LogP contribution in [0.3, 0.4) is 0 Å². The Labute approximate surface area is 126 Å². The maximum Gasteiger partial charge on any atom is 0.243 e. The molecule has 0 aliphatic carbocycles. The number of aromatic nitrogens is 2. The molecule has 1 atom stereocenters. The highest BCUT2D eigenvalue weighted by atomic mass is 79.9. The molecule has 1 fully saturated rings. The summed E-state index contributed by atoms with van der Waals surface area (Å²) in [4.78, 5) is 25.4.